The zero-order valence-corrected chi connectivity index (χ0v) is 12.3. The normalized spacial score (nSPS) is 10.7. The van der Waals surface area contributed by atoms with Crippen molar-refractivity contribution in [3.8, 4) is 0 Å². The van der Waals surface area contributed by atoms with Crippen molar-refractivity contribution in [2.45, 2.75) is 6.54 Å². The molecule has 0 aliphatic heterocycles. The number of rotatable bonds is 4. The molecule has 21 heavy (non-hydrogen) atoms. The Hall–Kier alpha value is -2.19. The summed E-state index contributed by atoms with van der Waals surface area (Å²) in [6.07, 6.45) is 0. The Morgan fingerprint density at radius 1 is 0.905 bits per heavy atom. The van der Waals surface area contributed by atoms with Crippen molar-refractivity contribution in [2.75, 3.05) is 5.88 Å². The molecule has 0 N–H and O–H groups in total. The van der Waals surface area contributed by atoms with Gasteiger partial charge in [-0.25, -0.2) is 0 Å². The fraction of sp³-hybridized carbons (Fsp3) is 0.111. The summed E-state index contributed by atoms with van der Waals surface area (Å²) < 4.78 is 2.04. The Morgan fingerprint density at radius 3 is 2.38 bits per heavy atom. The van der Waals surface area contributed by atoms with Gasteiger partial charge >= 0.3 is 0 Å². The van der Waals surface area contributed by atoms with Crippen LogP contribution in [0.4, 0.5) is 0 Å². The predicted molar refractivity (Wildman–Crippen MR) is 84.7 cm³/mol. The van der Waals surface area contributed by atoms with Crippen LogP contribution in [0.5, 0.6) is 0 Å². The first-order valence-electron chi connectivity index (χ1n) is 6.84. The first-order chi connectivity index (χ1) is 10.3. The molecule has 1 heterocycles. The lowest BCUT2D eigenvalue weighted by Gasteiger charge is -2.06. The summed E-state index contributed by atoms with van der Waals surface area (Å²) in [5.41, 5.74) is 2.84. The van der Waals surface area contributed by atoms with Gasteiger partial charge in [0.15, 0.2) is 6.54 Å². The van der Waals surface area contributed by atoms with Gasteiger partial charge in [-0.2, -0.15) is 4.57 Å². The van der Waals surface area contributed by atoms with Gasteiger partial charge < -0.3 is 0 Å². The number of benzene rings is 2. The zero-order chi connectivity index (χ0) is 14.7. The third kappa shape index (κ3) is 2.81. The minimum atomic E-state index is -0.0571. The largest absolute Gasteiger partial charge is 0.286 e. The number of halogens is 1. The molecule has 2 aromatic carbocycles. The number of hydrogen-bond donors (Lipinski definition) is 0. The molecule has 0 atom stereocenters. The molecule has 3 aromatic rings. The molecule has 0 aliphatic rings. The maximum Gasteiger partial charge on any atom is 0.250 e. The highest BCUT2D eigenvalue weighted by Crippen LogP contribution is 2.12. The van der Waals surface area contributed by atoms with Gasteiger partial charge in [-0.05, 0) is 12.1 Å². The van der Waals surface area contributed by atoms with Crippen molar-refractivity contribution in [1.82, 2.24) is 0 Å². The average molecular weight is 297 g/mol. The maximum absolute atomic E-state index is 12.1. The highest BCUT2D eigenvalue weighted by atomic mass is 35.5. The van der Waals surface area contributed by atoms with E-state index in [0.717, 1.165) is 16.5 Å². The molecule has 3 heteroatoms. The van der Waals surface area contributed by atoms with Crippen LogP contribution in [0.25, 0.3) is 10.9 Å². The third-order valence-electron chi connectivity index (χ3n) is 3.53. The van der Waals surface area contributed by atoms with Crippen LogP contribution >= 0.6 is 11.6 Å². The standard InChI is InChI=1S/C18H15ClNO/c19-12-18(21)17-11-10-15-8-4-5-9-16(15)20(17)13-14-6-2-1-3-7-14/h1-11H,12-13H2/q+1. The van der Waals surface area contributed by atoms with Crippen molar-refractivity contribution in [1.29, 1.82) is 0 Å². The van der Waals surface area contributed by atoms with Gasteiger partial charge in [0, 0.05) is 23.1 Å². The lowest BCUT2D eigenvalue weighted by Crippen LogP contribution is -2.42. The maximum atomic E-state index is 12.1. The monoisotopic (exact) mass is 296 g/mol. The molecule has 1 aromatic heterocycles. The van der Waals surface area contributed by atoms with Crippen molar-refractivity contribution >= 4 is 28.3 Å². The van der Waals surface area contributed by atoms with Crippen molar-refractivity contribution in [3.63, 3.8) is 0 Å². The molecule has 0 saturated heterocycles. The lowest BCUT2D eigenvalue weighted by atomic mass is 10.1. The Labute approximate surface area is 128 Å². The number of aromatic nitrogens is 1. The van der Waals surface area contributed by atoms with E-state index in [9.17, 15) is 4.79 Å². The number of carbonyl (C=O) groups excluding carboxylic acids is 1. The van der Waals surface area contributed by atoms with Crippen molar-refractivity contribution < 1.29 is 9.36 Å². The molecular weight excluding hydrogens is 282 g/mol. The summed E-state index contributed by atoms with van der Waals surface area (Å²) in [5.74, 6) is -0.0639. The lowest BCUT2D eigenvalue weighted by molar-refractivity contribution is -0.664. The van der Waals surface area contributed by atoms with Gasteiger partial charge in [0.2, 0.25) is 11.3 Å². The number of pyridine rings is 1. The van der Waals surface area contributed by atoms with Crippen LogP contribution in [0, 0.1) is 0 Å². The summed E-state index contributed by atoms with van der Waals surface area (Å²) in [6.45, 7) is 0.653. The molecule has 104 valence electrons. The summed E-state index contributed by atoms with van der Waals surface area (Å²) in [6, 6.07) is 22.0. The molecule has 0 radical (unpaired) electrons. The van der Waals surface area contributed by atoms with Crippen LogP contribution in [-0.2, 0) is 6.54 Å². The van der Waals surface area contributed by atoms with Gasteiger partial charge in [-0.1, -0.05) is 42.5 Å². The molecule has 0 aliphatic carbocycles. The number of alkyl halides is 1. The van der Waals surface area contributed by atoms with Crippen molar-refractivity contribution in [3.05, 3.63) is 78.0 Å². The average Bonchev–Trinajstić information content (AvgIpc) is 2.55. The van der Waals surface area contributed by atoms with Crippen LogP contribution in [0.1, 0.15) is 16.1 Å². The van der Waals surface area contributed by atoms with E-state index in [1.807, 2.05) is 59.2 Å². The molecule has 0 amide bonds. The van der Waals surface area contributed by atoms with Crippen LogP contribution < -0.4 is 4.57 Å². The van der Waals surface area contributed by atoms with E-state index in [0.29, 0.717) is 12.2 Å². The fourth-order valence-corrected chi connectivity index (χ4v) is 2.65. The minimum Gasteiger partial charge on any atom is -0.286 e. The molecule has 0 fully saturated rings. The molecule has 0 saturated carbocycles. The van der Waals surface area contributed by atoms with E-state index in [-0.39, 0.29) is 11.7 Å². The topological polar surface area (TPSA) is 20.9 Å². The van der Waals surface area contributed by atoms with E-state index < -0.39 is 0 Å². The van der Waals surface area contributed by atoms with Gasteiger partial charge in [0.1, 0.15) is 0 Å². The van der Waals surface area contributed by atoms with Crippen LogP contribution in [-0.4, -0.2) is 11.7 Å². The van der Waals surface area contributed by atoms with E-state index in [1.165, 1.54) is 0 Å². The van der Waals surface area contributed by atoms with Crippen LogP contribution in [0.15, 0.2) is 66.7 Å². The van der Waals surface area contributed by atoms with Gasteiger partial charge in [-0.15, -0.1) is 11.6 Å². The summed E-state index contributed by atoms with van der Waals surface area (Å²) in [4.78, 5) is 12.1. The van der Waals surface area contributed by atoms with E-state index in [1.54, 1.807) is 0 Å². The number of fused-ring (bicyclic) bond motifs is 1. The molecule has 3 rings (SSSR count). The minimum absolute atomic E-state index is 0.00682. The number of carbonyl (C=O) groups is 1. The second-order valence-electron chi connectivity index (χ2n) is 4.91. The third-order valence-corrected chi connectivity index (χ3v) is 3.77. The van der Waals surface area contributed by atoms with E-state index in [4.69, 9.17) is 11.6 Å². The Kier molecular flexibility index (Phi) is 3.98. The number of Topliss-reactive ketones (excluding diaryl/α,β-unsaturated/α-hetero) is 1. The van der Waals surface area contributed by atoms with Crippen LogP contribution in [0.3, 0.4) is 0 Å². The first kappa shape index (κ1) is 13.8. The molecule has 2 nitrogen and oxygen atoms in total. The predicted octanol–water partition coefficient (Wildman–Crippen LogP) is 3.60. The van der Waals surface area contributed by atoms with Gasteiger partial charge in [0.05, 0.1) is 5.88 Å². The Bertz CT molecular complexity index is 784. The second kappa shape index (κ2) is 6.06. The zero-order valence-electron chi connectivity index (χ0n) is 11.5. The smallest absolute Gasteiger partial charge is 0.250 e. The Balaban J connectivity index is 2.18. The van der Waals surface area contributed by atoms with E-state index >= 15 is 0 Å². The fourth-order valence-electron chi connectivity index (χ4n) is 2.51. The highest BCUT2D eigenvalue weighted by Gasteiger charge is 2.21. The highest BCUT2D eigenvalue weighted by molar-refractivity contribution is 6.30. The van der Waals surface area contributed by atoms with E-state index in [2.05, 4.69) is 12.1 Å². The molecule has 0 bridgehead atoms. The number of nitrogens with zero attached hydrogens (tertiary/aromatic N) is 1. The molecule has 0 spiro atoms. The SMILES string of the molecule is O=C(CCl)c1ccc2ccccc2[n+]1Cc1ccccc1. The number of para-hydroxylation sites is 1. The summed E-state index contributed by atoms with van der Waals surface area (Å²) in [7, 11) is 0. The van der Waals surface area contributed by atoms with Gasteiger partial charge in [0.25, 0.3) is 5.69 Å². The quantitative estimate of drug-likeness (QED) is 0.409. The second-order valence-corrected chi connectivity index (χ2v) is 5.17. The Morgan fingerprint density at radius 2 is 1.62 bits per heavy atom. The summed E-state index contributed by atoms with van der Waals surface area (Å²) in [5, 5.41) is 1.11. The van der Waals surface area contributed by atoms with Crippen LogP contribution in [0.2, 0.25) is 0 Å². The molecule has 0 unspecified atom stereocenters. The number of hydrogen-bond acceptors (Lipinski definition) is 1. The van der Waals surface area contributed by atoms with Crippen molar-refractivity contribution in [2.24, 2.45) is 0 Å². The first-order valence-corrected chi connectivity index (χ1v) is 7.38. The van der Waals surface area contributed by atoms with Gasteiger partial charge in [-0.3, -0.25) is 4.79 Å². The summed E-state index contributed by atoms with van der Waals surface area (Å²) >= 11 is 5.75. The molecular formula is C18H15ClNO+. The number of ketones is 1.